The van der Waals surface area contributed by atoms with E-state index in [1.54, 1.807) is 17.1 Å². The lowest BCUT2D eigenvalue weighted by Gasteiger charge is -2.08. The standard InChI is InChI=1S/C12H13N5O4/c18-12(19)9-2-3-11(17(20)21)10(8-9)13-4-1-6-16-7-5-14-15-16/h2-3,5,7-8,13H,1,4,6H2,(H,18,19). The molecule has 0 saturated carbocycles. The number of nitro groups is 1. The summed E-state index contributed by atoms with van der Waals surface area (Å²) in [5.41, 5.74) is 0.0404. The zero-order valence-electron chi connectivity index (χ0n) is 11.0. The summed E-state index contributed by atoms with van der Waals surface area (Å²) in [4.78, 5) is 21.3. The molecule has 0 atom stereocenters. The maximum absolute atomic E-state index is 10.9. The van der Waals surface area contributed by atoms with Gasteiger partial charge in [-0.3, -0.25) is 14.8 Å². The number of nitro benzene ring substituents is 1. The minimum atomic E-state index is -1.13. The second-order valence-corrected chi connectivity index (χ2v) is 4.24. The quantitative estimate of drug-likeness (QED) is 0.448. The minimum absolute atomic E-state index is 0.000578. The molecule has 2 aromatic rings. The number of benzene rings is 1. The van der Waals surface area contributed by atoms with Crippen molar-refractivity contribution in [3.8, 4) is 0 Å². The van der Waals surface area contributed by atoms with Gasteiger partial charge in [-0.25, -0.2) is 4.79 Å². The molecule has 0 aliphatic rings. The fourth-order valence-electron chi connectivity index (χ4n) is 1.79. The van der Waals surface area contributed by atoms with E-state index in [4.69, 9.17) is 5.11 Å². The molecular weight excluding hydrogens is 278 g/mol. The third kappa shape index (κ3) is 3.75. The van der Waals surface area contributed by atoms with Gasteiger partial charge in [0.05, 0.1) is 16.7 Å². The average Bonchev–Trinajstić information content (AvgIpc) is 2.96. The number of carboxylic acid groups (broad SMARTS) is 1. The smallest absolute Gasteiger partial charge is 0.335 e. The van der Waals surface area contributed by atoms with Gasteiger partial charge < -0.3 is 10.4 Å². The Hall–Kier alpha value is -2.97. The van der Waals surface area contributed by atoms with Gasteiger partial charge in [0.15, 0.2) is 0 Å². The number of aromatic nitrogens is 3. The number of hydrogen-bond donors (Lipinski definition) is 2. The third-order valence-corrected chi connectivity index (χ3v) is 2.79. The fraction of sp³-hybridized carbons (Fsp3) is 0.250. The largest absolute Gasteiger partial charge is 0.478 e. The molecule has 0 unspecified atom stereocenters. The van der Waals surface area contributed by atoms with Crippen LogP contribution >= 0.6 is 0 Å². The van der Waals surface area contributed by atoms with Crippen molar-refractivity contribution >= 4 is 17.3 Å². The SMILES string of the molecule is O=C(O)c1ccc([N+](=O)[O-])c(NCCCn2ccnn2)c1. The Balaban J connectivity index is 2.01. The monoisotopic (exact) mass is 291 g/mol. The summed E-state index contributed by atoms with van der Waals surface area (Å²) >= 11 is 0. The highest BCUT2D eigenvalue weighted by Crippen LogP contribution is 2.25. The molecule has 0 aliphatic heterocycles. The molecule has 0 amide bonds. The zero-order valence-corrected chi connectivity index (χ0v) is 11.0. The highest BCUT2D eigenvalue weighted by Gasteiger charge is 2.16. The molecule has 21 heavy (non-hydrogen) atoms. The maximum atomic E-state index is 10.9. The van der Waals surface area contributed by atoms with Crippen LogP contribution in [0.15, 0.2) is 30.6 Å². The van der Waals surface area contributed by atoms with Crippen LogP contribution in [0.3, 0.4) is 0 Å². The molecule has 1 aromatic heterocycles. The topological polar surface area (TPSA) is 123 Å². The summed E-state index contributed by atoms with van der Waals surface area (Å²) in [5, 5.41) is 30.2. The van der Waals surface area contributed by atoms with Crippen molar-refractivity contribution in [1.82, 2.24) is 15.0 Å². The number of aromatic carboxylic acids is 1. The van der Waals surface area contributed by atoms with E-state index in [0.29, 0.717) is 19.5 Å². The molecular formula is C12H13N5O4. The van der Waals surface area contributed by atoms with Gasteiger partial charge in [0.2, 0.25) is 0 Å². The van der Waals surface area contributed by atoms with Crippen LogP contribution in [0.1, 0.15) is 16.8 Å². The molecule has 0 bridgehead atoms. The molecule has 0 fully saturated rings. The van der Waals surface area contributed by atoms with Gasteiger partial charge >= 0.3 is 5.97 Å². The average molecular weight is 291 g/mol. The van der Waals surface area contributed by atoms with Crippen LogP contribution in [-0.2, 0) is 6.54 Å². The van der Waals surface area contributed by atoms with E-state index in [2.05, 4.69) is 15.6 Å². The Morgan fingerprint density at radius 3 is 2.90 bits per heavy atom. The molecule has 1 heterocycles. The Kier molecular flexibility index (Phi) is 4.44. The Bertz CT molecular complexity index is 641. The summed E-state index contributed by atoms with van der Waals surface area (Å²) in [6.07, 6.45) is 3.94. The zero-order chi connectivity index (χ0) is 15.2. The van der Waals surface area contributed by atoms with Gasteiger partial charge in [0.25, 0.3) is 5.69 Å². The minimum Gasteiger partial charge on any atom is -0.478 e. The highest BCUT2D eigenvalue weighted by atomic mass is 16.6. The summed E-state index contributed by atoms with van der Waals surface area (Å²) in [6.45, 7) is 1.06. The Morgan fingerprint density at radius 1 is 1.48 bits per heavy atom. The number of nitrogens with zero attached hydrogens (tertiary/aromatic N) is 4. The predicted octanol–water partition coefficient (Wildman–Crippen LogP) is 1.39. The maximum Gasteiger partial charge on any atom is 0.335 e. The second kappa shape index (κ2) is 6.46. The Labute approximate surface area is 119 Å². The number of hydrogen-bond acceptors (Lipinski definition) is 6. The summed E-state index contributed by atoms with van der Waals surface area (Å²) in [5.74, 6) is -1.13. The van der Waals surface area contributed by atoms with Crippen molar-refractivity contribution in [3.05, 3.63) is 46.3 Å². The van der Waals surface area contributed by atoms with E-state index in [-0.39, 0.29) is 16.9 Å². The van der Waals surface area contributed by atoms with E-state index in [0.717, 1.165) is 0 Å². The fourth-order valence-corrected chi connectivity index (χ4v) is 1.79. The first-order valence-electron chi connectivity index (χ1n) is 6.17. The first-order valence-corrected chi connectivity index (χ1v) is 6.17. The molecule has 1 aromatic carbocycles. The number of carboxylic acids is 1. The van der Waals surface area contributed by atoms with Crippen molar-refractivity contribution in [3.63, 3.8) is 0 Å². The molecule has 0 aliphatic carbocycles. The predicted molar refractivity (Wildman–Crippen MR) is 73.2 cm³/mol. The van der Waals surface area contributed by atoms with Crippen molar-refractivity contribution in [2.45, 2.75) is 13.0 Å². The van der Waals surface area contributed by atoms with Gasteiger partial charge in [-0.15, -0.1) is 5.10 Å². The number of aryl methyl sites for hydroxylation is 1. The first-order chi connectivity index (χ1) is 10.1. The van der Waals surface area contributed by atoms with Crippen LogP contribution in [-0.4, -0.2) is 37.5 Å². The van der Waals surface area contributed by atoms with Gasteiger partial charge in [0.1, 0.15) is 5.69 Å². The van der Waals surface area contributed by atoms with Crippen LogP contribution in [0.5, 0.6) is 0 Å². The first kappa shape index (κ1) is 14.4. The second-order valence-electron chi connectivity index (χ2n) is 4.24. The number of rotatable bonds is 7. The van der Waals surface area contributed by atoms with Gasteiger partial charge in [-0.05, 0) is 18.6 Å². The van der Waals surface area contributed by atoms with Crippen molar-refractivity contribution in [1.29, 1.82) is 0 Å². The number of carbonyl (C=O) groups is 1. The Morgan fingerprint density at radius 2 is 2.29 bits per heavy atom. The number of anilines is 1. The summed E-state index contributed by atoms with van der Waals surface area (Å²) in [6, 6.07) is 3.65. The molecule has 110 valence electrons. The van der Waals surface area contributed by atoms with E-state index < -0.39 is 10.9 Å². The van der Waals surface area contributed by atoms with E-state index in [1.165, 1.54) is 18.2 Å². The number of nitrogens with one attached hydrogen (secondary N) is 1. The van der Waals surface area contributed by atoms with E-state index >= 15 is 0 Å². The molecule has 9 heteroatoms. The molecule has 0 radical (unpaired) electrons. The van der Waals surface area contributed by atoms with Gasteiger partial charge in [-0.2, -0.15) is 0 Å². The molecule has 0 saturated heterocycles. The van der Waals surface area contributed by atoms with Crippen LogP contribution in [0, 0.1) is 10.1 Å². The van der Waals surface area contributed by atoms with Gasteiger partial charge in [0, 0.05) is 25.4 Å². The molecule has 9 nitrogen and oxygen atoms in total. The highest BCUT2D eigenvalue weighted by molar-refractivity contribution is 5.90. The van der Waals surface area contributed by atoms with Gasteiger partial charge in [-0.1, -0.05) is 5.21 Å². The molecule has 2 N–H and O–H groups in total. The summed E-state index contributed by atoms with van der Waals surface area (Å²) in [7, 11) is 0. The third-order valence-electron chi connectivity index (χ3n) is 2.79. The normalized spacial score (nSPS) is 10.3. The van der Waals surface area contributed by atoms with Crippen molar-refractivity contribution in [2.24, 2.45) is 0 Å². The lowest BCUT2D eigenvalue weighted by Crippen LogP contribution is -2.09. The van der Waals surface area contributed by atoms with E-state index in [9.17, 15) is 14.9 Å². The lowest BCUT2D eigenvalue weighted by atomic mass is 10.1. The molecule has 0 spiro atoms. The lowest BCUT2D eigenvalue weighted by molar-refractivity contribution is -0.384. The van der Waals surface area contributed by atoms with Crippen molar-refractivity contribution < 1.29 is 14.8 Å². The van der Waals surface area contributed by atoms with Crippen LogP contribution in [0.25, 0.3) is 0 Å². The van der Waals surface area contributed by atoms with Crippen LogP contribution < -0.4 is 5.32 Å². The molecule has 2 rings (SSSR count). The van der Waals surface area contributed by atoms with Crippen molar-refractivity contribution in [2.75, 3.05) is 11.9 Å². The van der Waals surface area contributed by atoms with Crippen LogP contribution in [0.4, 0.5) is 11.4 Å². The van der Waals surface area contributed by atoms with Crippen LogP contribution in [0.2, 0.25) is 0 Å². The summed E-state index contributed by atoms with van der Waals surface area (Å²) < 4.78 is 1.64. The van der Waals surface area contributed by atoms with E-state index in [1.807, 2.05) is 0 Å².